The van der Waals surface area contributed by atoms with Gasteiger partial charge in [0.1, 0.15) is 11.5 Å². The number of rotatable bonds is 3. The predicted molar refractivity (Wildman–Crippen MR) is 67.9 cm³/mol. The molecular weight excluding hydrogens is 248 g/mol. The van der Waals surface area contributed by atoms with E-state index >= 15 is 0 Å². The van der Waals surface area contributed by atoms with E-state index in [0.717, 1.165) is 0 Å². The van der Waals surface area contributed by atoms with Gasteiger partial charge in [0.2, 0.25) is 0 Å². The minimum Gasteiger partial charge on any atom is -0.457 e. The highest BCUT2D eigenvalue weighted by Crippen LogP contribution is 2.23. The quantitative estimate of drug-likeness (QED) is 0.622. The number of nitrogens with zero attached hydrogens (tertiary/aromatic N) is 2. The lowest BCUT2D eigenvalue weighted by atomic mass is 10.2. The van der Waals surface area contributed by atoms with E-state index in [1.54, 1.807) is 24.3 Å². The van der Waals surface area contributed by atoms with Crippen LogP contribution in [0.4, 0.5) is 5.69 Å². The largest absolute Gasteiger partial charge is 0.457 e. The Hall–Kier alpha value is -2.91. The van der Waals surface area contributed by atoms with E-state index in [2.05, 4.69) is 0 Å². The van der Waals surface area contributed by atoms with Gasteiger partial charge >= 0.3 is 0 Å². The maximum Gasteiger partial charge on any atom is 0.269 e. The van der Waals surface area contributed by atoms with Gasteiger partial charge in [-0.15, -0.1) is 0 Å². The highest BCUT2D eigenvalue weighted by molar-refractivity contribution is 5.40. The number of hydrogen-bond acceptors (Lipinski definition) is 4. The van der Waals surface area contributed by atoms with Gasteiger partial charge in [-0.2, -0.15) is 5.26 Å². The van der Waals surface area contributed by atoms with E-state index < -0.39 is 4.92 Å². The van der Waals surface area contributed by atoms with Crippen molar-refractivity contribution in [3.05, 3.63) is 64.2 Å². The normalized spacial score (nSPS) is 9.00. The van der Waals surface area contributed by atoms with E-state index in [0.29, 0.717) is 17.1 Å². The molecule has 0 saturated carbocycles. The first-order valence-electron chi connectivity index (χ1n) is 5.11. The molecule has 0 amide bonds. The molecule has 0 bridgehead atoms. The van der Waals surface area contributed by atoms with Crippen LogP contribution in [0.1, 0.15) is 5.56 Å². The zero-order valence-corrected chi connectivity index (χ0v) is 9.74. The smallest absolute Gasteiger partial charge is 0.269 e. The predicted octanol–water partition coefficient (Wildman–Crippen LogP) is 2.43. The topological polar surface area (TPSA) is 108 Å². The van der Waals surface area contributed by atoms with Crippen LogP contribution in [-0.2, 0) is 0 Å². The lowest BCUT2D eigenvalue weighted by Gasteiger charge is -2.04. The van der Waals surface area contributed by atoms with Crippen LogP contribution in [-0.4, -0.2) is 10.4 Å². The number of nitro groups is 1. The highest BCUT2D eigenvalue weighted by atomic mass is 16.6. The number of benzene rings is 2. The number of ether oxygens (including phenoxy) is 1. The van der Waals surface area contributed by atoms with Crippen molar-refractivity contribution in [1.82, 2.24) is 0 Å². The summed E-state index contributed by atoms with van der Waals surface area (Å²) in [5.74, 6) is 1.08. The summed E-state index contributed by atoms with van der Waals surface area (Å²) in [5.41, 5.74) is 0.563. The summed E-state index contributed by atoms with van der Waals surface area (Å²) >= 11 is 0. The molecule has 0 atom stereocenters. The van der Waals surface area contributed by atoms with Crippen molar-refractivity contribution in [3.8, 4) is 17.6 Å². The molecule has 96 valence electrons. The third-order valence-corrected chi connectivity index (χ3v) is 2.27. The van der Waals surface area contributed by atoms with Crippen molar-refractivity contribution in [1.29, 1.82) is 5.26 Å². The number of nitriles is 1. The molecular formula is C13H10N2O4. The van der Waals surface area contributed by atoms with Gasteiger partial charge in [-0.05, 0) is 36.4 Å². The number of non-ortho nitro benzene ring substituents is 1. The Morgan fingerprint density at radius 3 is 1.89 bits per heavy atom. The summed E-state index contributed by atoms with van der Waals surface area (Å²) in [6.07, 6.45) is 0. The lowest BCUT2D eigenvalue weighted by molar-refractivity contribution is -0.384. The number of hydrogen-bond donors (Lipinski definition) is 0. The van der Waals surface area contributed by atoms with Crippen molar-refractivity contribution in [3.63, 3.8) is 0 Å². The molecule has 0 heterocycles. The van der Waals surface area contributed by atoms with E-state index in [1.165, 1.54) is 24.3 Å². The average molecular weight is 258 g/mol. The fraction of sp³-hybridized carbons (Fsp3) is 0. The number of nitro benzene ring substituents is 1. The van der Waals surface area contributed by atoms with Gasteiger partial charge in [0.15, 0.2) is 0 Å². The molecule has 6 nitrogen and oxygen atoms in total. The van der Waals surface area contributed by atoms with Crippen molar-refractivity contribution >= 4 is 5.69 Å². The fourth-order valence-electron chi connectivity index (χ4n) is 1.37. The summed E-state index contributed by atoms with van der Waals surface area (Å²) in [6.45, 7) is 0. The minimum atomic E-state index is -0.467. The van der Waals surface area contributed by atoms with Crippen LogP contribution in [0, 0.1) is 21.4 Å². The summed E-state index contributed by atoms with van der Waals surface area (Å²) in [4.78, 5) is 10.0. The first kappa shape index (κ1) is 14.2. The van der Waals surface area contributed by atoms with Gasteiger partial charge in [-0.25, -0.2) is 0 Å². The fourth-order valence-corrected chi connectivity index (χ4v) is 1.37. The molecule has 2 N–H and O–H groups in total. The summed E-state index contributed by atoms with van der Waals surface area (Å²) < 4.78 is 5.48. The molecule has 0 aliphatic heterocycles. The third-order valence-electron chi connectivity index (χ3n) is 2.27. The Bertz CT molecular complexity index is 600. The molecule has 2 aromatic rings. The monoisotopic (exact) mass is 258 g/mol. The maximum atomic E-state index is 10.5. The van der Waals surface area contributed by atoms with Crippen LogP contribution in [0.15, 0.2) is 48.5 Å². The van der Waals surface area contributed by atoms with Gasteiger partial charge in [-0.3, -0.25) is 10.1 Å². The Morgan fingerprint density at radius 1 is 1.00 bits per heavy atom. The Balaban J connectivity index is 0.00000180. The zero-order chi connectivity index (χ0) is 13.0. The first-order chi connectivity index (χ1) is 8.69. The third kappa shape index (κ3) is 3.52. The van der Waals surface area contributed by atoms with Gasteiger partial charge in [0.25, 0.3) is 5.69 Å². The van der Waals surface area contributed by atoms with Crippen LogP contribution in [0.3, 0.4) is 0 Å². The second-order valence-corrected chi connectivity index (χ2v) is 3.49. The Morgan fingerprint density at radius 2 is 1.47 bits per heavy atom. The van der Waals surface area contributed by atoms with Gasteiger partial charge in [-0.1, -0.05) is 0 Å². The standard InChI is InChI=1S/C13H8N2O3.H2O/c14-9-10-1-5-12(6-2-10)18-13-7-3-11(4-8-13)15(16)17;/h1-8H;1H2. The van der Waals surface area contributed by atoms with E-state index in [9.17, 15) is 10.1 Å². The molecule has 6 heteroatoms. The second kappa shape index (κ2) is 6.14. The van der Waals surface area contributed by atoms with Crippen molar-refractivity contribution in [2.45, 2.75) is 0 Å². The summed E-state index contributed by atoms with van der Waals surface area (Å²) in [5, 5.41) is 19.1. The van der Waals surface area contributed by atoms with Gasteiger partial charge in [0.05, 0.1) is 16.6 Å². The van der Waals surface area contributed by atoms with Gasteiger partial charge in [0, 0.05) is 12.1 Å². The Labute approximate surface area is 108 Å². The average Bonchev–Trinajstić information content (AvgIpc) is 2.40. The van der Waals surface area contributed by atoms with E-state index in [1.807, 2.05) is 6.07 Å². The summed E-state index contributed by atoms with van der Waals surface area (Å²) in [6, 6.07) is 14.4. The van der Waals surface area contributed by atoms with Crippen LogP contribution in [0.5, 0.6) is 11.5 Å². The van der Waals surface area contributed by atoms with Crippen molar-refractivity contribution < 1.29 is 15.1 Å². The zero-order valence-electron chi connectivity index (χ0n) is 9.74. The maximum absolute atomic E-state index is 10.5. The molecule has 0 aromatic heterocycles. The molecule has 0 radical (unpaired) electrons. The van der Waals surface area contributed by atoms with Crippen LogP contribution in [0.25, 0.3) is 0 Å². The molecule has 0 aliphatic carbocycles. The van der Waals surface area contributed by atoms with Crippen LogP contribution in [0.2, 0.25) is 0 Å². The second-order valence-electron chi connectivity index (χ2n) is 3.49. The minimum absolute atomic E-state index is 0. The molecule has 0 aliphatic rings. The van der Waals surface area contributed by atoms with Crippen LogP contribution >= 0.6 is 0 Å². The first-order valence-corrected chi connectivity index (χ1v) is 5.11. The van der Waals surface area contributed by atoms with Crippen LogP contribution < -0.4 is 4.74 Å². The molecule has 2 rings (SSSR count). The lowest BCUT2D eigenvalue weighted by Crippen LogP contribution is -1.88. The molecule has 0 fully saturated rings. The molecule has 19 heavy (non-hydrogen) atoms. The molecule has 0 unspecified atom stereocenters. The Kier molecular flexibility index (Phi) is 4.57. The summed E-state index contributed by atoms with van der Waals surface area (Å²) in [7, 11) is 0. The van der Waals surface area contributed by atoms with Gasteiger partial charge < -0.3 is 10.2 Å². The van der Waals surface area contributed by atoms with E-state index in [-0.39, 0.29) is 11.2 Å². The van der Waals surface area contributed by atoms with Crippen molar-refractivity contribution in [2.75, 3.05) is 0 Å². The SMILES string of the molecule is N#Cc1ccc(Oc2ccc([N+](=O)[O-])cc2)cc1.O. The van der Waals surface area contributed by atoms with E-state index in [4.69, 9.17) is 10.00 Å². The molecule has 0 spiro atoms. The van der Waals surface area contributed by atoms with Crippen molar-refractivity contribution in [2.24, 2.45) is 0 Å². The molecule has 2 aromatic carbocycles. The highest BCUT2D eigenvalue weighted by Gasteiger charge is 2.04. The molecule has 0 saturated heterocycles.